The fraction of sp³-hybridized carbons (Fsp3) is 0.438. The smallest absolute Gasteiger partial charge is 0.155 e. The highest BCUT2D eigenvalue weighted by molar-refractivity contribution is 5.91. The van der Waals surface area contributed by atoms with Gasteiger partial charge in [0, 0.05) is 11.8 Å². The average molecular weight is 226 g/mol. The molecule has 0 amide bonds. The van der Waals surface area contributed by atoms with E-state index in [0.29, 0.717) is 11.7 Å². The first-order chi connectivity index (χ1) is 8.31. The van der Waals surface area contributed by atoms with Crippen molar-refractivity contribution in [1.29, 1.82) is 0 Å². The first-order valence-corrected chi connectivity index (χ1v) is 6.59. The molecule has 1 aromatic carbocycles. The number of rotatable bonds is 1. The molecule has 0 spiro atoms. The van der Waals surface area contributed by atoms with Crippen molar-refractivity contribution in [2.24, 2.45) is 5.92 Å². The maximum Gasteiger partial charge on any atom is 0.155 e. The molecule has 3 rings (SSSR count). The predicted molar refractivity (Wildman–Crippen MR) is 68.8 cm³/mol. The second-order valence-electron chi connectivity index (χ2n) is 5.35. The van der Waals surface area contributed by atoms with Gasteiger partial charge in [-0.2, -0.15) is 0 Å². The van der Waals surface area contributed by atoms with Crippen LogP contribution in [-0.2, 0) is 10.2 Å². The molecule has 2 atom stereocenters. The van der Waals surface area contributed by atoms with Crippen LogP contribution in [0.4, 0.5) is 0 Å². The summed E-state index contributed by atoms with van der Waals surface area (Å²) >= 11 is 0. The highest BCUT2D eigenvalue weighted by Crippen LogP contribution is 2.48. The lowest BCUT2D eigenvalue weighted by molar-refractivity contribution is -0.116. The predicted octanol–water partition coefficient (Wildman–Crippen LogP) is 3.64. The van der Waals surface area contributed by atoms with Gasteiger partial charge in [-0.25, -0.2) is 0 Å². The Kier molecular flexibility index (Phi) is 2.62. The van der Waals surface area contributed by atoms with E-state index < -0.39 is 0 Å². The lowest BCUT2D eigenvalue weighted by Crippen LogP contribution is -2.39. The van der Waals surface area contributed by atoms with Gasteiger partial charge in [-0.15, -0.1) is 0 Å². The van der Waals surface area contributed by atoms with E-state index in [9.17, 15) is 4.79 Å². The molecule has 2 aliphatic carbocycles. The molecule has 0 N–H and O–H groups in total. The van der Waals surface area contributed by atoms with Gasteiger partial charge in [0.25, 0.3) is 0 Å². The van der Waals surface area contributed by atoms with Crippen molar-refractivity contribution in [2.45, 2.75) is 37.5 Å². The molecule has 88 valence electrons. The van der Waals surface area contributed by atoms with Gasteiger partial charge in [0.2, 0.25) is 0 Å². The lowest BCUT2D eigenvalue weighted by atomic mass is 9.59. The number of carbonyl (C=O) groups is 1. The summed E-state index contributed by atoms with van der Waals surface area (Å²) in [7, 11) is 0. The zero-order valence-electron chi connectivity index (χ0n) is 10.1. The Labute approximate surface area is 103 Å². The van der Waals surface area contributed by atoms with Gasteiger partial charge in [-0.05, 0) is 30.4 Å². The number of carbonyl (C=O) groups excluding carboxylic acids is 1. The van der Waals surface area contributed by atoms with Crippen LogP contribution >= 0.6 is 0 Å². The van der Waals surface area contributed by atoms with Crippen LogP contribution in [0, 0.1) is 5.92 Å². The molecular formula is C16H18O. The molecule has 1 fully saturated rings. The van der Waals surface area contributed by atoms with Crippen LogP contribution in [0.3, 0.4) is 0 Å². The Bertz CT molecular complexity index is 446. The van der Waals surface area contributed by atoms with Gasteiger partial charge in [-0.3, -0.25) is 4.79 Å². The quantitative estimate of drug-likeness (QED) is 0.714. The minimum absolute atomic E-state index is 0.146. The van der Waals surface area contributed by atoms with Crippen LogP contribution in [0.25, 0.3) is 0 Å². The van der Waals surface area contributed by atoms with Crippen LogP contribution in [0.2, 0.25) is 0 Å². The molecular weight excluding hydrogens is 208 g/mol. The minimum atomic E-state index is 0.146. The van der Waals surface area contributed by atoms with Gasteiger partial charge in [-0.1, -0.05) is 49.2 Å². The average Bonchev–Trinajstić information content (AvgIpc) is 2.40. The molecule has 0 aliphatic heterocycles. The number of hydrogen-bond acceptors (Lipinski definition) is 1. The second-order valence-corrected chi connectivity index (χ2v) is 5.35. The van der Waals surface area contributed by atoms with E-state index in [1.54, 1.807) is 0 Å². The van der Waals surface area contributed by atoms with E-state index in [-0.39, 0.29) is 5.41 Å². The third-order valence-electron chi connectivity index (χ3n) is 4.45. The zero-order chi connectivity index (χ0) is 11.7. The van der Waals surface area contributed by atoms with Crippen molar-refractivity contribution < 1.29 is 4.79 Å². The molecule has 0 bridgehead atoms. The number of benzene rings is 1. The Morgan fingerprint density at radius 3 is 2.76 bits per heavy atom. The van der Waals surface area contributed by atoms with Gasteiger partial charge in [0.15, 0.2) is 5.78 Å². The van der Waals surface area contributed by atoms with Crippen LogP contribution in [0.15, 0.2) is 42.5 Å². The third kappa shape index (κ3) is 1.74. The molecule has 1 nitrogen and oxygen atoms in total. The van der Waals surface area contributed by atoms with Crippen LogP contribution in [0.5, 0.6) is 0 Å². The number of fused-ring (bicyclic) bond motifs is 1. The SMILES string of the molecule is O=C1C=CC2(c3ccccc3)CCCCC2C1. The van der Waals surface area contributed by atoms with Crippen LogP contribution in [0.1, 0.15) is 37.7 Å². The van der Waals surface area contributed by atoms with Crippen molar-refractivity contribution in [1.82, 2.24) is 0 Å². The summed E-state index contributed by atoms with van der Waals surface area (Å²) < 4.78 is 0. The first kappa shape index (κ1) is 10.8. The van der Waals surface area contributed by atoms with Crippen molar-refractivity contribution in [3.8, 4) is 0 Å². The van der Waals surface area contributed by atoms with Crippen LogP contribution in [-0.4, -0.2) is 5.78 Å². The second kappa shape index (κ2) is 4.14. The molecule has 1 aromatic rings. The summed E-state index contributed by atoms with van der Waals surface area (Å²) in [4.78, 5) is 11.6. The largest absolute Gasteiger partial charge is 0.295 e. The van der Waals surface area contributed by atoms with Crippen LogP contribution < -0.4 is 0 Å². The fourth-order valence-electron chi connectivity index (χ4n) is 3.55. The Morgan fingerprint density at radius 2 is 1.94 bits per heavy atom. The van der Waals surface area contributed by atoms with Gasteiger partial charge in [0.05, 0.1) is 0 Å². The van der Waals surface area contributed by atoms with Crippen molar-refractivity contribution in [2.75, 3.05) is 0 Å². The van der Waals surface area contributed by atoms with Crippen molar-refractivity contribution in [3.63, 3.8) is 0 Å². The Hall–Kier alpha value is -1.37. The van der Waals surface area contributed by atoms with Crippen molar-refractivity contribution in [3.05, 3.63) is 48.0 Å². The van der Waals surface area contributed by atoms with E-state index in [2.05, 4.69) is 36.4 Å². The molecule has 2 unspecified atom stereocenters. The van der Waals surface area contributed by atoms with E-state index in [1.165, 1.54) is 31.2 Å². The molecule has 0 aromatic heterocycles. The summed E-state index contributed by atoms with van der Waals surface area (Å²) in [6, 6.07) is 10.7. The van der Waals surface area contributed by atoms with E-state index in [4.69, 9.17) is 0 Å². The Balaban J connectivity index is 2.07. The molecule has 0 radical (unpaired) electrons. The normalized spacial score (nSPS) is 32.2. The number of allylic oxidation sites excluding steroid dienone is 2. The molecule has 1 saturated carbocycles. The minimum Gasteiger partial charge on any atom is -0.295 e. The summed E-state index contributed by atoms with van der Waals surface area (Å²) in [5, 5.41) is 0. The maximum atomic E-state index is 11.6. The van der Waals surface area contributed by atoms with Gasteiger partial charge >= 0.3 is 0 Å². The highest BCUT2D eigenvalue weighted by atomic mass is 16.1. The topological polar surface area (TPSA) is 17.1 Å². The van der Waals surface area contributed by atoms with Gasteiger partial charge in [0.1, 0.15) is 0 Å². The molecule has 0 saturated heterocycles. The van der Waals surface area contributed by atoms with Gasteiger partial charge < -0.3 is 0 Å². The molecule has 17 heavy (non-hydrogen) atoms. The zero-order valence-corrected chi connectivity index (χ0v) is 10.1. The summed E-state index contributed by atoms with van der Waals surface area (Å²) in [6.45, 7) is 0. The third-order valence-corrected chi connectivity index (χ3v) is 4.45. The number of ketones is 1. The lowest BCUT2D eigenvalue weighted by Gasteiger charge is -2.44. The number of hydrogen-bond donors (Lipinski definition) is 0. The summed E-state index contributed by atoms with van der Waals surface area (Å²) in [6.07, 6.45) is 9.71. The highest BCUT2D eigenvalue weighted by Gasteiger charge is 2.42. The summed E-state index contributed by atoms with van der Waals surface area (Å²) in [5.74, 6) is 0.833. The summed E-state index contributed by atoms with van der Waals surface area (Å²) in [5.41, 5.74) is 1.54. The fourth-order valence-corrected chi connectivity index (χ4v) is 3.55. The van der Waals surface area contributed by atoms with Crippen molar-refractivity contribution >= 4 is 5.78 Å². The molecule has 0 heterocycles. The standard InChI is InChI=1S/C16H18O/c17-15-9-11-16(13-6-2-1-3-7-13)10-5-4-8-14(16)12-15/h1-3,6-7,9,11,14H,4-5,8,10,12H2. The first-order valence-electron chi connectivity index (χ1n) is 6.59. The Morgan fingerprint density at radius 1 is 1.12 bits per heavy atom. The maximum absolute atomic E-state index is 11.6. The van der Waals surface area contributed by atoms with E-state index >= 15 is 0 Å². The van der Waals surface area contributed by atoms with E-state index in [1.807, 2.05) is 6.08 Å². The monoisotopic (exact) mass is 226 g/mol. The molecule has 1 heteroatoms. The van der Waals surface area contributed by atoms with E-state index in [0.717, 1.165) is 6.42 Å². The molecule has 2 aliphatic rings.